The normalized spacial score (nSPS) is 12.3. The molecule has 0 aliphatic heterocycles. The van der Waals surface area contributed by atoms with Crippen LogP contribution in [0.5, 0.6) is 5.75 Å². The Balaban J connectivity index is 1.96. The van der Waals surface area contributed by atoms with Gasteiger partial charge in [0.25, 0.3) is 5.56 Å². The Morgan fingerprint density at radius 2 is 2.06 bits per heavy atom. The Morgan fingerprint density at radius 1 is 1.23 bits per heavy atom. The topological polar surface area (TPSA) is 135 Å². The van der Waals surface area contributed by atoms with E-state index in [1.807, 2.05) is 31.2 Å². The quantitative estimate of drug-likeness (QED) is 0.329. The summed E-state index contributed by atoms with van der Waals surface area (Å²) in [6.45, 7) is 7.29. The van der Waals surface area contributed by atoms with Gasteiger partial charge < -0.3 is 19.6 Å². The molecule has 0 saturated carbocycles. The fraction of sp³-hybridized carbons (Fsp3) is 0.542. The molecule has 0 aliphatic rings. The smallest absolute Gasteiger partial charge is 0.327 e. The van der Waals surface area contributed by atoms with Crippen molar-refractivity contribution in [1.82, 2.24) is 30.1 Å². The number of hydrogen-bond donors (Lipinski definition) is 2. The van der Waals surface area contributed by atoms with Crippen LogP contribution >= 0.6 is 0 Å². The second-order valence-corrected chi connectivity index (χ2v) is 8.16. The van der Waals surface area contributed by atoms with Crippen LogP contribution in [0.15, 0.2) is 29.1 Å². The lowest BCUT2D eigenvalue weighted by Crippen LogP contribution is -2.34. The average Bonchev–Trinajstić information content (AvgIpc) is 3.28. The molecule has 3 aromatic rings. The van der Waals surface area contributed by atoms with Crippen LogP contribution in [0.2, 0.25) is 0 Å². The largest absolute Gasteiger partial charge is 0.494 e. The molecular formula is C24H34N6O5. The standard InChI is InChI=1S/C24H34N6O5/c1-4-8-21(23-26-27-28-30(23)16-22(32)35-6-3)29(11-7-12-31)15-18-13-17-14-19(34-5-2)9-10-20(17)25-24(18)33/h9-10,13-14,21,31H,4-8,11-12,15-16H2,1-3H3,(H,25,33)/t21-/m0/s1. The van der Waals surface area contributed by atoms with Crippen molar-refractivity contribution < 1.29 is 19.4 Å². The summed E-state index contributed by atoms with van der Waals surface area (Å²) in [7, 11) is 0. The fourth-order valence-corrected chi connectivity index (χ4v) is 4.08. The molecule has 3 rings (SSSR count). The summed E-state index contributed by atoms with van der Waals surface area (Å²) < 4.78 is 12.1. The van der Waals surface area contributed by atoms with Gasteiger partial charge in [0.05, 0.1) is 19.3 Å². The van der Waals surface area contributed by atoms with Gasteiger partial charge in [-0.25, -0.2) is 4.68 Å². The molecule has 0 radical (unpaired) electrons. The van der Waals surface area contributed by atoms with Gasteiger partial charge in [-0.05, 0) is 61.4 Å². The number of ether oxygens (including phenoxy) is 2. The van der Waals surface area contributed by atoms with E-state index in [0.717, 1.165) is 23.1 Å². The fourth-order valence-electron chi connectivity index (χ4n) is 4.08. The van der Waals surface area contributed by atoms with Gasteiger partial charge in [-0.15, -0.1) is 5.10 Å². The van der Waals surface area contributed by atoms with E-state index in [1.54, 1.807) is 6.92 Å². The molecule has 1 aromatic carbocycles. The molecule has 0 spiro atoms. The summed E-state index contributed by atoms with van der Waals surface area (Å²) in [4.78, 5) is 30.0. The zero-order valence-electron chi connectivity index (χ0n) is 20.6. The number of aliphatic hydroxyl groups is 1. The maximum Gasteiger partial charge on any atom is 0.327 e. The van der Waals surface area contributed by atoms with Crippen molar-refractivity contribution >= 4 is 16.9 Å². The van der Waals surface area contributed by atoms with E-state index in [-0.39, 0.29) is 31.4 Å². The lowest BCUT2D eigenvalue weighted by atomic mass is 10.1. The lowest BCUT2D eigenvalue weighted by Gasteiger charge is -2.30. The van der Waals surface area contributed by atoms with Gasteiger partial charge in [-0.1, -0.05) is 13.3 Å². The van der Waals surface area contributed by atoms with Crippen molar-refractivity contribution in [2.45, 2.75) is 59.2 Å². The minimum absolute atomic E-state index is 0.00883. The first-order valence-electron chi connectivity index (χ1n) is 12.1. The maximum atomic E-state index is 12.9. The van der Waals surface area contributed by atoms with Crippen LogP contribution in [0.1, 0.15) is 57.5 Å². The third-order valence-corrected chi connectivity index (χ3v) is 5.63. The summed E-state index contributed by atoms with van der Waals surface area (Å²) in [5, 5.41) is 22.4. The molecule has 1 atom stereocenters. The summed E-state index contributed by atoms with van der Waals surface area (Å²) >= 11 is 0. The second-order valence-electron chi connectivity index (χ2n) is 8.16. The Morgan fingerprint density at radius 3 is 2.77 bits per heavy atom. The van der Waals surface area contributed by atoms with Crippen molar-refractivity contribution in [2.75, 3.05) is 26.4 Å². The van der Waals surface area contributed by atoms with Gasteiger partial charge in [-0.2, -0.15) is 0 Å². The zero-order chi connectivity index (χ0) is 25.2. The molecule has 2 heterocycles. The number of tetrazole rings is 1. The number of benzene rings is 1. The van der Waals surface area contributed by atoms with E-state index < -0.39 is 5.97 Å². The molecule has 0 bridgehead atoms. The highest BCUT2D eigenvalue weighted by molar-refractivity contribution is 5.80. The van der Waals surface area contributed by atoms with Gasteiger partial charge in [-0.3, -0.25) is 14.5 Å². The van der Waals surface area contributed by atoms with Crippen LogP contribution < -0.4 is 10.3 Å². The Labute approximate surface area is 204 Å². The molecule has 0 saturated heterocycles. The number of H-pyrrole nitrogens is 1. The molecule has 11 nitrogen and oxygen atoms in total. The molecule has 0 fully saturated rings. The highest BCUT2D eigenvalue weighted by Gasteiger charge is 2.27. The first-order chi connectivity index (χ1) is 17.0. The predicted molar refractivity (Wildman–Crippen MR) is 130 cm³/mol. The molecule has 0 amide bonds. The minimum Gasteiger partial charge on any atom is -0.494 e. The van der Waals surface area contributed by atoms with E-state index >= 15 is 0 Å². The van der Waals surface area contributed by atoms with E-state index in [2.05, 4.69) is 32.3 Å². The Hall–Kier alpha value is -3.31. The van der Waals surface area contributed by atoms with Crippen LogP contribution in [-0.2, 0) is 22.6 Å². The van der Waals surface area contributed by atoms with E-state index in [9.17, 15) is 14.7 Å². The van der Waals surface area contributed by atoms with Crippen molar-refractivity contribution in [3.8, 4) is 5.75 Å². The van der Waals surface area contributed by atoms with E-state index in [0.29, 0.717) is 43.9 Å². The molecule has 0 unspecified atom stereocenters. The Bertz CT molecular complexity index is 1160. The Kier molecular flexibility index (Phi) is 9.74. The minimum atomic E-state index is -0.422. The number of esters is 1. The number of nitrogens with zero attached hydrogens (tertiary/aromatic N) is 5. The number of aliphatic hydroxyl groups excluding tert-OH is 1. The maximum absolute atomic E-state index is 12.9. The van der Waals surface area contributed by atoms with Crippen LogP contribution in [-0.4, -0.2) is 67.5 Å². The molecular weight excluding hydrogens is 452 g/mol. The van der Waals surface area contributed by atoms with Crippen LogP contribution in [0.3, 0.4) is 0 Å². The number of pyridine rings is 1. The third kappa shape index (κ3) is 6.86. The van der Waals surface area contributed by atoms with Crippen molar-refractivity contribution in [3.05, 3.63) is 46.0 Å². The highest BCUT2D eigenvalue weighted by Crippen LogP contribution is 2.27. The monoisotopic (exact) mass is 486 g/mol. The highest BCUT2D eigenvalue weighted by atomic mass is 16.5. The van der Waals surface area contributed by atoms with Gasteiger partial charge in [0.1, 0.15) is 12.3 Å². The zero-order valence-corrected chi connectivity index (χ0v) is 20.6. The molecule has 2 aromatic heterocycles. The van der Waals surface area contributed by atoms with Gasteiger partial charge in [0.15, 0.2) is 5.82 Å². The first-order valence-corrected chi connectivity index (χ1v) is 12.1. The van der Waals surface area contributed by atoms with Gasteiger partial charge in [0, 0.05) is 36.2 Å². The number of carbonyl (C=O) groups excluding carboxylic acids is 1. The van der Waals surface area contributed by atoms with E-state index in [1.165, 1.54) is 4.68 Å². The van der Waals surface area contributed by atoms with Crippen molar-refractivity contribution in [1.29, 1.82) is 0 Å². The predicted octanol–water partition coefficient (Wildman–Crippen LogP) is 2.20. The summed E-state index contributed by atoms with van der Waals surface area (Å²) in [5.41, 5.74) is 1.12. The number of carbonyl (C=O) groups is 1. The third-order valence-electron chi connectivity index (χ3n) is 5.63. The van der Waals surface area contributed by atoms with Gasteiger partial charge in [0.2, 0.25) is 0 Å². The number of nitrogens with one attached hydrogen (secondary N) is 1. The van der Waals surface area contributed by atoms with Crippen molar-refractivity contribution in [3.63, 3.8) is 0 Å². The molecule has 0 aliphatic carbocycles. The number of fused-ring (bicyclic) bond motifs is 1. The van der Waals surface area contributed by atoms with Crippen molar-refractivity contribution in [2.24, 2.45) is 0 Å². The SMILES string of the molecule is CCC[C@@H](c1nnnn1CC(=O)OCC)N(CCCO)Cc1cc2cc(OCC)ccc2[nH]c1=O. The first kappa shape index (κ1) is 26.3. The summed E-state index contributed by atoms with van der Waals surface area (Å²) in [5.74, 6) is 0.833. The van der Waals surface area contributed by atoms with Crippen LogP contribution in [0.4, 0.5) is 0 Å². The summed E-state index contributed by atoms with van der Waals surface area (Å²) in [6, 6.07) is 7.17. The van der Waals surface area contributed by atoms with E-state index in [4.69, 9.17) is 9.47 Å². The molecule has 35 heavy (non-hydrogen) atoms. The van der Waals surface area contributed by atoms with Crippen LogP contribution in [0, 0.1) is 0 Å². The van der Waals surface area contributed by atoms with Gasteiger partial charge >= 0.3 is 5.97 Å². The number of aromatic nitrogens is 5. The number of aromatic amines is 1. The average molecular weight is 487 g/mol. The molecule has 190 valence electrons. The van der Waals surface area contributed by atoms with Crippen LogP contribution in [0.25, 0.3) is 10.9 Å². The number of hydrogen-bond acceptors (Lipinski definition) is 9. The molecule has 11 heteroatoms. The number of rotatable bonds is 14. The molecule has 2 N–H and O–H groups in total. The second kappa shape index (κ2) is 13.0. The summed E-state index contributed by atoms with van der Waals surface area (Å²) in [6.07, 6.45) is 2.05. The lowest BCUT2D eigenvalue weighted by molar-refractivity contribution is -0.144.